The standard InChI is InChI=1S/C11H7F3N2O3/c12-11(13,14)8-2-1-3-9(4-8)19-16-10(17)7-5-15-18-6-7/h1-6H,(H,16,17). The van der Waals surface area contributed by atoms with Crippen molar-refractivity contribution in [3.8, 4) is 5.75 Å². The van der Waals surface area contributed by atoms with Gasteiger partial charge in [0.05, 0.1) is 11.8 Å². The molecule has 0 spiro atoms. The Morgan fingerprint density at radius 3 is 2.79 bits per heavy atom. The van der Waals surface area contributed by atoms with Crippen LogP contribution in [-0.4, -0.2) is 11.1 Å². The third kappa shape index (κ3) is 3.24. The number of carbonyl (C=O) groups is 1. The van der Waals surface area contributed by atoms with E-state index in [9.17, 15) is 18.0 Å². The lowest BCUT2D eigenvalue weighted by Crippen LogP contribution is -2.26. The van der Waals surface area contributed by atoms with Crippen molar-refractivity contribution in [2.75, 3.05) is 0 Å². The monoisotopic (exact) mass is 272 g/mol. The Kier molecular flexibility index (Phi) is 3.41. The topological polar surface area (TPSA) is 64.4 Å². The van der Waals surface area contributed by atoms with Crippen LogP contribution in [0.3, 0.4) is 0 Å². The number of nitrogens with one attached hydrogen (secondary N) is 1. The van der Waals surface area contributed by atoms with Crippen molar-refractivity contribution in [2.45, 2.75) is 6.18 Å². The second-order valence-corrected chi connectivity index (χ2v) is 3.47. The van der Waals surface area contributed by atoms with Gasteiger partial charge >= 0.3 is 6.18 Å². The molecule has 0 aliphatic carbocycles. The van der Waals surface area contributed by atoms with E-state index in [1.807, 2.05) is 5.48 Å². The third-order valence-electron chi connectivity index (χ3n) is 2.12. The van der Waals surface area contributed by atoms with Gasteiger partial charge in [0.1, 0.15) is 11.8 Å². The number of rotatable bonds is 3. The van der Waals surface area contributed by atoms with E-state index in [1.54, 1.807) is 0 Å². The number of hydrogen-bond acceptors (Lipinski definition) is 4. The van der Waals surface area contributed by atoms with Gasteiger partial charge in [0.2, 0.25) is 0 Å². The first-order valence-electron chi connectivity index (χ1n) is 5.00. The van der Waals surface area contributed by atoms with Crippen molar-refractivity contribution >= 4 is 5.91 Å². The zero-order chi connectivity index (χ0) is 13.9. The molecule has 1 amide bonds. The van der Waals surface area contributed by atoms with Crippen molar-refractivity contribution in [1.82, 2.24) is 10.6 Å². The van der Waals surface area contributed by atoms with E-state index < -0.39 is 17.6 Å². The fourth-order valence-electron chi connectivity index (χ4n) is 1.22. The van der Waals surface area contributed by atoms with Gasteiger partial charge in [0, 0.05) is 0 Å². The summed E-state index contributed by atoms with van der Waals surface area (Å²) in [7, 11) is 0. The normalized spacial score (nSPS) is 11.1. The molecule has 1 heterocycles. The number of carbonyl (C=O) groups excluding carboxylic acids is 1. The highest BCUT2D eigenvalue weighted by Gasteiger charge is 2.30. The molecule has 0 aliphatic rings. The van der Waals surface area contributed by atoms with Crippen molar-refractivity contribution in [2.24, 2.45) is 0 Å². The minimum absolute atomic E-state index is 0.0898. The third-order valence-corrected chi connectivity index (χ3v) is 2.12. The Balaban J connectivity index is 2.02. The number of halogens is 3. The molecule has 0 saturated carbocycles. The van der Waals surface area contributed by atoms with E-state index in [2.05, 4.69) is 9.68 Å². The molecule has 0 atom stereocenters. The predicted molar refractivity (Wildman–Crippen MR) is 56.0 cm³/mol. The summed E-state index contributed by atoms with van der Waals surface area (Å²) in [6, 6.07) is 4.12. The number of hydrogen-bond donors (Lipinski definition) is 1. The molecule has 2 aromatic rings. The first kappa shape index (κ1) is 12.9. The molecule has 1 N–H and O–H groups in total. The summed E-state index contributed by atoms with van der Waals surface area (Å²) in [5, 5.41) is 3.30. The Hall–Kier alpha value is -2.51. The first-order valence-corrected chi connectivity index (χ1v) is 5.00. The molecule has 0 fully saturated rings. The summed E-state index contributed by atoms with van der Waals surface area (Å²) in [4.78, 5) is 16.2. The maximum absolute atomic E-state index is 12.4. The molecule has 2 rings (SSSR count). The number of benzene rings is 1. The summed E-state index contributed by atoms with van der Waals surface area (Å²) in [5.74, 6) is -0.821. The van der Waals surface area contributed by atoms with Crippen LogP contribution in [0.15, 0.2) is 41.2 Å². The summed E-state index contributed by atoms with van der Waals surface area (Å²) < 4.78 is 41.7. The smallest absolute Gasteiger partial charge is 0.379 e. The Morgan fingerprint density at radius 1 is 1.37 bits per heavy atom. The van der Waals surface area contributed by atoms with Crippen LogP contribution in [0, 0.1) is 0 Å². The van der Waals surface area contributed by atoms with E-state index in [1.165, 1.54) is 12.1 Å². The molecular formula is C11H7F3N2O3. The second kappa shape index (κ2) is 5.01. The van der Waals surface area contributed by atoms with Gasteiger partial charge in [-0.3, -0.25) is 4.79 Å². The van der Waals surface area contributed by atoms with E-state index >= 15 is 0 Å². The van der Waals surface area contributed by atoms with Gasteiger partial charge in [-0.2, -0.15) is 18.7 Å². The Labute approximate surface area is 104 Å². The maximum Gasteiger partial charge on any atom is 0.416 e. The number of alkyl halides is 3. The molecule has 5 nitrogen and oxygen atoms in total. The zero-order valence-electron chi connectivity index (χ0n) is 9.27. The number of amides is 1. The summed E-state index contributed by atoms with van der Waals surface area (Å²) in [5.41, 5.74) is 1.19. The Morgan fingerprint density at radius 2 is 2.16 bits per heavy atom. The van der Waals surface area contributed by atoms with Crippen LogP contribution >= 0.6 is 0 Å². The van der Waals surface area contributed by atoms with Crippen LogP contribution < -0.4 is 10.3 Å². The van der Waals surface area contributed by atoms with Gasteiger partial charge in [0.15, 0.2) is 5.75 Å². The minimum atomic E-state index is -4.47. The van der Waals surface area contributed by atoms with Crippen molar-refractivity contribution < 1.29 is 27.3 Å². The van der Waals surface area contributed by atoms with Gasteiger partial charge in [-0.05, 0) is 18.2 Å². The molecule has 0 saturated heterocycles. The molecule has 0 unspecified atom stereocenters. The molecule has 0 bridgehead atoms. The summed E-state index contributed by atoms with van der Waals surface area (Å²) in [6.07, 6.45) is -2.26. The van der Waals surface area contributed by atoms with Gasteiger partial charge < -0.3 is 9.36 Å². The molecule has 100 valence electrons. The van der Waals surface area contributed by atoms with Crippen LogP contribution in [0.25, 0.3) is 0 Å². The highest BCUT2D eigenvalue weighted by atomic mass is 19.4. The number of hydroxylamine groups is 1. The van der Waals surface area contributed by atoms with Crippen molar-refractivity contribution in [1.29, 1.82) is 0 Å². The summed E-state index contributed by atoms with van der Waals surface area (Å²) in [6.45, 7) is 0. The van der Waals surface area contributed by atoms with Crippen molar-refractivity contribution in [3.05, 3.63) is 47.9 Å². The molecule has 0 radical (unpaired) electrons. The molecule has 0 aliphatic heterocycles. The lowest BCUT2D eigenvalue weighted by molar-refractivity contribution is -0.137. The lowest BCUT2D eigenvalue weighted by atomic mass is 10.2. The minimum Gasteiger partial charge on any atom is -0.379 e. The largest absolute Gasteiger partial charge is 0.416 e. The fraction of sp³-hybridized carbons (Fsp3) is 0.0909. The lowest BCUT2D eigenvalue weighted by Gasteiger charge is -2.09. The Bertz CT molecular complexity index is 567. The van der Waals surface area contributed by atoms with Crippen LogP contribution in [-0.2, 0) is 6.18 Å². The van der Waals surface area contributed by atoms with E-state index in [4.69, 9.17) is 4.84 Å². The zero-order valence-corrected chi connectivity index (χ0v) is 9.27. The molecule has 1 aromatic heterocycles. The van der Waals surface area contributed by atoms with E-state index in [0.29, 0.717) is 0 Å². The second-order valence-electron chi connectivity index (χ2n) is 3.47. The average Bonchev–Trinajstić information content (AvgIpc) is 2.89. The molecule has 1 aromatic carbocycles. The highest BCUT2D eigenvalue weighted by molar-refractivity contribution is 5.92. The average molecular weight is 272 g/mol. The molecular weight excluding hydrogens is 265 g/mol. The van der Waals surface area contributed by atoms with Gasteiger partial charge in [-0.1, -0.05) is 11.2 Å². The van der Waals surface area contributed by atoms with Crippen molar-refractivity contribution in [3.63, 3.8) is 0 Å². The van der Waals surface area contributed by atoms with Gasteiger partial charge in [-0.15, -0.1) is 0 Å². The van der Waals surface area contributed by atoms with Crippen LogP contribution in [0.5, 0.6) is 5.75 Å². The van der Waals surface area contributed by atoms with E-state index in [-0.39, 0.29) is 11.3 Å². The quantitative estimate of drug-likeness (QED) is 0.871. The van der Waals surface area contributed by atoms with E-state index in [0.717, 1.165) is 24.6 Å². The fourth-order valence-corrected chi connectivity index (χ4v) is 1.22. The first-order chi connectivity index (χ1) is 8.97. The number of nitrogens with zero attached hydrogens (tertiary/aromatic N) is 1. The highest BCUT2D eigenvalue weighted by Crippen LogP contribution is 2.31. The molecule has 19 heavy (non-hydrogen) atoms. The predicted octanol–water partition coefficient (Wildman–Crippen LogP) is 2.42. The van der Waals surface area contributed by atoms with Crippen LogP contribution in [0.1, 0.15) is 15.9 Å². The SMILES string of the molecule is O=C(NOc1cccc(C(F)(F)F)c1)c1cnoc1. The maximum atomic E-state index is 12.4. The summed E-state index contributed by atoms with van der Waals surface area (Å²) >= 11 is 0. The van der Waals surface area contributed by atoms with Gasteiger partial charge in [0.25, 0.3) is 5.91 Å². The number of aromatic nitrogens is 1. The van der Waals surface area contributed by atoms with Crippen LogP contribution in [0.2, 0.25) is 0 Å². The van der Waals surface area contributed by atoms with Gasteiger partial charge in [-0.25, -0.2) is 0 Å². The van der Waals surface area contributed by atoms with Crippen LogP contribution in [0.4, 0.5) is 13.2 Å². The molecule has 8 heteroatoms.